The number of rotatable bonds is 16. The molecule has 1 atom stereocenters. The highest BCUT2D eigenvalue weighted by Crippen LogP contribution is 2.20. The molecular formula is C22H38O4. The van der Waals surface area contributed by atoms with Crippen LogP contribution in [-0.2, 0) is 14.3 Å². The first kappa shape index (κ1) is 22.9. The number of hydrogen-bond acceptors (Lipinski definition) is 4. The molecule has 0 fully saturated rings. The van der Waals surface area contributed by atoms with E-state index in [9.17, 15) is 14.7 Å². The first-order valence-corrected chi connectivity index (χ1v) is 10.7. The Morgan fingerprint density at radius 1 is 1.00 bits per heavy atom. The molecule has 0 radical (unpaired) electrons. The molecule has 4 nitrogen and oxygen atoms in total. The Morgan fingerprint density at radius 3 is 2.27 bits per heavy atom. The van der Waals surface area contributed by atoms with E-state index in [2.05, 4.69) is 6.92 Å². The minimum atomic E-state index is -0.576. The molecule has 26 heavy (non-hydrogen) atoms. The third kappa shape index (κ3) is 11.5. The Bertz CT molecular complexity index is 428. The topological polar surface area (TPSA) is 63.6 Å². The molecule has 0 aliphatic heterocycles. The summed E-state index contributed by atoms with van der Waals surface area (Å²) in [7, 11) is 0. The fraction of sp³-hybridized carbons (Fsp3) is 0.818. The van der Waals surface area contributed by atoms with Crippen LogP contribution in [0.1, 0.15) is 103 Å². The van der Waals surface area contributed by atoms with Crippen LogP contribution in [0.2, 0.25) is 0 Å². The maximum Gasteiger partial charge on any atom is 0.305 e. The zero-order valence-corrected chi connectivity index (χ0v) is 16.6. The smallest absolute Gasteiger partial charge is 0.305 e. The van der Waals surface area contributed by atoms with Gasteiger partial charge in [-0.2, -0.15) is 0 Å². The largest absolute Gasteiger partial charge is 0.466 e. The summed E-state index contributed by atoms with van der Waals surface area (Å²) in [5, 5.41) is 9.39. The third-order valence-corrected chi connectivity index (χ3v) is 4.98. The van der Waals surface area contributed by atoms with Crippen LogP contribution in [-0.4, -0.2) is 29.6 Å². The normalized spacial score (nSPS) is 16.8. The molecule has 150 valence electrons. The van der Waals surface area contributed by atoms with E-state index in [0.29, 0.717) is 13.0 Å². The number of ether oxygens (including phenoxy) is 1. The van der Waals surface area contributed by atoms with Crippen LogP contribution in [0.25, 0.3) is 0 Å². The number of aliphatic hydroxyl groups excluding tert-OH is 1. The molecule has 0 aromatic rings. The van der Waals surface area contributed by atoms with Gasteiger partial charge in [0.25, 0.3) is 0 Å². The molecule has 0 spiro atoms. The van der Waals surface area contributed by atoms with Crippen LogP contribution < -0.4 is 0 Å². The fourth-order valence-corrected chi connectivity index (χ4v) is 3.36. The first-order valence-electron chi connectivity index (χ1n) is 10.7. The zero-order valence-electron chi connectivity index (χ0n) is 16.6. The highest BCUT2D eigenvalue weighted by Gasteiger charge is 2.21. The molecule has 0 bridgehead atoms. The van der Waals surface area contributed by atoms with Crippen molar-refractivity contribution in [2.75, 3.05) is 6.61 Å². The molecule has 1 N–H and O–H groups in total. The van der Waals surface area contributed by atoms with Crippen molar-refractivity contribution in [1.82, 2.24) is 0 Å². The number of ketones is 1. The van der Waals surface area contributed by atoms with Gasteiger partial charge in [-0.25, -0.2) is 0 Å². The summed E-state index contributed by atoms with van der Waals surface area (Å²) in [6.07, 6.45) is 16.4. The maximum atomic E-state index is 11.7. The van der Waals surface area contributed by atoms with Gasteiger partial charge in [-0.05, 0) is 37.3 Å². The van der Waals surface area contributed by atoms with Crippen LogP contribution in [0.15, 0.2) is 11.6 Å². The standard InChI is InChI=1S/C22H38O4/c1-2-3-4-5-6-7-10-13-16-26-22(25)15-12-9-8-11-14-19-17-20(23)18-21(19)24/h17,20,23H,2-16,18H2,1H3. The molecule has 1 aliphatic rings. The summed E-state index contributed by atoms with van der Waals surface area (Å²) in [5.41, 5.74) is 0.780. The maximum absolute atomic E-state index is 11.7. The summed E-state index contributed by atoms with van der Waals surface area (Å²) in [6.45, 7) is 2.79. The van der Waals surface area contributed by atoms with Crippen LogP contribution in [0.4, 0.5) is 0 Å². The minimum absolute atomic E-state index is 0.0789. The fourth-order valence-electron chi connectivity index (χ4n) is 3.36. The molecule has 4 heteroatoms. The lowest BCUT2D eigenvalue weighted by atomic mass is 10.0. The van der Waals surface area contributed by atoms with Crippen LogP contribution in [0.3, 0.4) is 0 Å². The van der Waals surface area contributed by atoms with Crippen molar-refractivity contribution in [2.24, 2.45) is 0 Å². The SMILES string of the molecule is CCCCCCCCCCOC(=O)CCCCCCC1=CC(O)CC1=O. The molecule has 1 rings (SSSR count). The number of unbranched alkanes of at least 4 members (excludes halogenated alkanes) is 10. The van der Waals surface area contributed by atoms with Gasteiger partial charge in [-0.3, -0.25) is 9.59 Å². The zero-order chi connectivity index (χ0) is 19.0. The van der Waals surface area contributed by atoms with E-state index in [1.165, 1.54) is 38.5 Å². The number of hydrogen-bond donors (Lipinski definition) is 1. The van der Waals surface area contributed by atoms with E-state index >= 15 is 0 Å². The number of aliphatic hydroxyl groups is 1. The van der Waals surface area contributed by atoms with Gasteiger partial charge < -0.3 is 9.84 Å². The monoisotopic (exact) mass is 366 g/mol. The Labute approximate surface area is 159 Å². The molecule has 1 aliphatic carbocycles. The van der Waals surface area contributed by atoms with Crippen LogP contribution >= 0.6 is 0 Å². The Morgan fingerprint density at radius 2 is 1.62 bits per heavy atom. The van der Waals surface area contributed by atoms with Gasteiger partial charge in [0.2, 0.25) is 0 Å². The van der Waals surface area contributed by atoms with E-state index in [0.717, 1.165) is 50.5 Å². The lowest BCUT2D eigenvalue weighted by Gasteiger charge is -2.05. The average Bonchev–Trinajstić information content (AvgIpc) is 2.94. The summed E-state index contributed by atoms with van der Waals surface area (Å²) in [4.78, 5) is 23.2. The van der Waals surface area contributed by atoms with Crippen molar-refractivity contribution < 1.29 is 19.4 Å². The number of carbonyl (C=O) groups is 2. The Hall–Kier alpha value is -1.16. The Balaban J connectivity index is 1.84. The van der Waals surface area contributed by atoms with Gasteiger partial charge in [0, 0.05) is 12.8 Å². The van der Waals surface area contributed by atoms with Gasteiger partial charge >= 0.3 is 5.97 Å². The van der Waals surface area contributed by atoms with Crippen LogP contribution in [0, 0.1) is 0 Å². The van der Waals surface area contributed by atoms with E-state index in [1.807, 2.05) is 0 Å². The van der Waals surface area contributed by atoms with Crippen LogP contribution in [0.5, 0.6) is 0 Å². The van der Waals surface area contributed by atoms with Gasteiger partial charge in [0.15, 0.2) is 5.78 Å². The molecule has 0 saturated carbocycles. The van der Waals surface area contributed by atoms with Gasteiger partial charge in [0.05, 0.1) is 12.7 Å². The predicted octanol–water partition coefficient (Wildman–Crippen LogP) is 5.27. The second kappa shape index (κ2) is 15.0. The molecule has 0 amide bonds. The average molecular weight is 367 g/mol. The summed E-state index contributed by atoms with van der Waals surface area (Å²) >= 11 is 0. The molecule has 0 aromatic heterocycles. The van der Waals surface area contributed by atoms with Crippen molar-refractivity contribution in [1.29, 1.82) is 0 Å². The number of carbonyl (C=O) groups excluding carboxylic acids is 2. The molecule has 0 aromatic carbocycles. The van der Waals surface area contributed by atoms with E-state index in [1.54, 1.807) is 6.08 Å². The van der Waals surface area contributed by atoms with E-state index < -0.39 is 6.10 Å². The highest BCUT2D eigenvalue weighted by molar-refractivity contribution is 5.98. The van der Waals surface area contributed by atoms with Crippen molar-refractivity contribution >= 4 is 11.8 Å². The highest BCUT2D eigenvalue weighted by atomic mass is 16.5. The molecule has 0 heterocycles. The first-order chi connectivity index (χ1) is 12.6. The predicted molar refractivity (Wildman–Crippen MR) is 105 cm³/mol. The van der Waals surface area contributed by atoms with Gasteiger partial charge in [-0.15, -0.1) is 0 Å². The number of Topliss-reactive ketones (excluding diaryl/α,β-unsaturated/α-hetero) is 1. The molecule has 1 unspecified atom stereocenters. The third-order valence-electron chi connectivity index (χ3n) is 4.98. The lowest BCUT2D eigenvalue weighted by Crippen LogP contribution is -2.05. The number of esters is 1. The van der Waals surface area contributed by atoms with Crippen molar-refractivity contribution in [3.8, 4) is 0 Å². The van der Waals surface area contributed by atoms with E-state index in [-0.39, 0.29) is 18.2 Å². The molecular weight excluding hydrogens is 328 g/mol. The lowest BCUT2D eigenvalue weighted by molar-refractivity contribution is -0.143. The van der Waals surface area contributed by atoms with Crippen molar-refractivity contribution in [2.45, 2.75) is 109 Å². The quantitative estimate of drug-likeness (QED) is 0.298. The van der Waals surface area contributed by atoms with E-state index in [4.69, 9.17) is 4.74 Å². The summed E-state index contributed by atoms with van der Waals surface area (Å²) in [5.74, 6) is 0.00628. The minimum Gasteiger partial charge on any atom is -0.466 e. The Kier molecular flexibility index (Phi) is 13.2. The van der Waals surface area contributed by atoms with Gasteiger partial charge in [0.1, 0.15) is 0 Å². The molecule has 0 saturated heterocycles. The van der Waals surface area contributed by atoms with Crippen molar-refractivity contribution in [3.05, 3.63) is 11.6 Å². The second-order valence-corrected chi connectivity index (χ2v) is 7.50. The second-order valence-electron chi connectivity index (χ2n) is 7.50. The van der Waals surface area contributed by atoms with Gasteiger partial charge in [-0.1, -0.05) is 64.7 Å². The van der Waals surface area contributed by atoms with Crippen molar-refractivity contribution in [3.63, 3.8) is 0 Å². The number of allylic oxidation sites excluding steroid dienone is 1. The summed E-state index contributed by atoms with van der Waals surface area (Å²) < 4.78 is 5.28. The summed E-state index contributed by atoms with van der Waals surface area (Å²) in [6, 6.07) is 0.